The molecule has 1 aliphatic rings. The molecule has 1 unspecified atom stereocenters. The van der Waals surface area contributed by atoms with Gasteiger partial charge in [-0.2, -0.15) is 46.3 Å². The van der Waals surface area contributed by atoms with Crippen molar-refractivity contribution in [3.8, 4) is 0 Å². The summed E-state index contributed by atoms with van der Waals surface area (Å²) in [6.45, 7) is 0. The summed E-state index contributed by atoms with van der Waals surface area (Å²) in [5.41, 5.74) is 2.19. The van der Waals surface area contributed by atoms with Crippen molar-refractivity contribution in [2.45, 2.75) is 24.8 Å². The average Bonchev–Trinajstić information content (AvgIpc) is 3.21. The maximum atomic E-state index is 13.0. The summed E-state index contributed by atoms with van der Waals surface area (Å²) in [5.74, 6) is 0.569. The Balaban J connectivity index is 1.71. The van der Waals surface area contributed by atoms with E-state index in [0.717, 1.165) is 24.3 Å². The molecule has 1 fully saturated rings. The minimum atomic E-state index is -4.52. The van der Waals surface area contributed by atoms with E-state index in [-0.39, 0.29) is 23.6 Å². The Morgan fingerprint density at radius 2 is 1.44 bits per heavy atom. The number of rotatable bonds is 4. The lowest BCUT2D eigenvalue weighted by molar-refractivity contribution is -0.138. The fourth-order valence-corrected chi connectivity index (χ4v) is 3.68. The Kier molecular flexibility index (Phi) is 6.69. The van der Waals surface area contributed by atoms with Gasteiger partial charge in [-0.3, -0.25) is 10.4 Å². The van der Waals surface area contributed by atoms with Crippen molar-refractivity contribution in [3.05, 3.63) is 70.5 Å². The molecule has 3 aromatic rings. The molecule has 0 radical (unpaired) electrons. The molecule has 0 saturated carbocycles. The predicted molar refractivity (Wildman–Crippen MR) is 122 cm³/mol. The molecule has 2 aromatic carbocycles. The zero-order chi connectivity index (χ0) is 26.3. The molecule has 190 valence electrons. The minimum Gasteiger partial charge on any atom is -0.347 e. The van der Waals surface area contributed by atoms with E-state index < -0.39 is 29.5 Å². The van der Waals surface area contributed by atoms with Gasteiger partial charge in [-0.25, -0.2) is 0 Å². The lowest BCUT2D eigenvalue weighted by atomic mass is 10.0. The van der Waals surface area contributed by atoms with E-state index in [4.69, 9.17) is 11.6 Å². The van der Waals surface area contributed by atoms with Crippen molar-refractivity contribution in [1.82, 2.24) is 20.4 Å². The van der Waals surface area contributed by atoms with Crippen molar-refractivity contribution in [1.29, 1.82) is 0 Å². The average molecular weight is 530 g/mol. The Hall–Kier alpha value is -3.61. The van der Waals surface area contributed by atoms with Gasteiger partial charge >= 0.3 is 12.4 Å². The molecule has 4 rings (SSSR count). The van der Waals surface area contributed by atoms with Gasteiger partial charge in [0.15, 0.2) is 0 Å². The SMILES string of the molecule is CN(C)c1nc(Cl)nc(/N=C2\CC(c3ccc(C(F)(F)F)cc3)N(c3ccc(C(F)(F)F)cc3)N2)n1. The molecule has 0 bridgehead atoms. The van der Waals surface area contributed by atoms with E-state index in [1.54, 1.807) is 19.0 Å². The molecule has 2 heterocycles. The number of aromatic nitrogens is 3. The van der Waals surface area contributed by atoms with Gasteiger partial charge in [-0.05, 0) is 53.6 Å². The van der Waals surface area contributed by atoms with Crippen LogP contribution in [0.3, 0.4) is 0 Å². The first-order chi connectivity index (χ1) is 16.8. The van der Waals surface area contributed by atoms with Gasteiger partial charge in [-0.15, -0.1) is 0 Å². The monoisotopic (exact) mass is 529 g/mol. The molecule has 0 amide bonds. The van der Waals surface area contributed by atoms with Gasteiger partial charge in [0.2, 0.25) is 11.2 Å². The molecule has 0 spiro atoms. The number of amidine groups is 1. The van der Waals surface area contributed by atoms with E-state index >= 15 is 0 Å². The van der Waals surface area contributed by atoms with E-state index in [1.807, 2.05) is 0 Å². The Morgan fingerprint density at radius 3 is 1.97 bits per heavy atom. The van der Waals surface area contributed by atoms with Crippen molar-refractivity contribution in [2.75, 3.05) is 24.0 Å². The molecular weight excluding hydrogens is 512 g/mol. The highest BCUT2D eigenvalue weighted by Gasteiger charge is 2.35. The second kappa shape index (κ2) is 9.45. The maximum absolute atomic E-state index is 13.0. The molecule has 36 heavy (non-hydrogen) atoms. The van der Waals surface area contributed by atoms with Crippen LogP contribution in [0.15, 0.2) is 53.5 Å². The van der Waals surface area contributed by atoms with Gasteiger partial charge in [0.25, 0.3) is 5.95 Å². The fraction of sp³-hybridized carbons (Fsp3) is 0.273. The molecule has 1 aliphatic heterocycles. The van der Waals surface area contributed by atoms with Crippen LogP contribution in [0.25, 0.3) is 0 Å². The number of alkyl halides is 6. The van der Waals surface area contributed by atoms with Crippen LogP contribution in [0.2, 0.25) is 5.28 Å². The molecule has 7 nitrogen and oxygen atoms in total. The molecule has 0 aliphatic carbocycles. The number of anilines is 2. The van der Waals surface area contributed by atoms with Crippen LogP contribution >= 0.6 is 11.6 Å². The van der Waals surface area contributed by atoms with Crippen LogP contribution in [-0.4, -0.2) is 34.9 Å². The highest BCUT2D eigenvalue weighted by molar-refractivity contribution is 6.28. The van der Waals surface area contributed by atoms with Gasteiger partial charge < -0.3 is 4.90 Å². The van der Waals surface area contributed by atoms with Crippen LogP contribution < -0.4 is 15.3 Å². The first-order valence-corrected chi connectivity index (χ1v) is 10.8. The molecule has 1 N–H and O–H groups in total. The highest BCUT2D eigenvalue weighted by atomic mass is 35.5. The number of aliphatic imine (C=N–C) groups is 1. The van der Waals surface area contributed by atoms with Gasteiger partial charge in [-0.1, -0.05) is 12.1 Å². The summed E-state index contributed by atoms with van der Waals surface area (Å²) >= 11 is 5.96. The Bertz CT molecular complexity index is 1190. The number of halogens is 7. The summed E-state index contributed by atoms with van der Waals surface area (Å²) in [6.07, 6.45) is -8.85. The fourth-order valence-electron chi connectivity index (χ4n) is 3.52. The van der Waals surface area contributed by atoms with Crippen molar-refractivity contribution >= 4 is 35.0 Å². The van der Waals surface area contributed by atoms with Crippen LogP contribution in [0.5, 0.6) is 0 Å². The number of hydrazine groups is 1. The zero-order valence-electron chi connectivity index (χ0n) is 18.7. The minimum absolute atomic E-state index is 0.0124. The summed E-state index contributed by atoms with van der Waals surface area (Å²) in [4.78, 5) is 18.1. The number of benzene rings is 2. The van der Waals surface area contributed by atoms with Crippen LogP contribution in [0.1, 0.15) is 29.2 Å². The molecule has 1 aromatic heterocycles. The van der Waals surface area contributed by atoms with Crippen molar-refractivity contribution in [2.24, 2.45) is 4.99 Å². The normalized spacial score (nSPS) is 17.4. The Labute approximate surface area is 206 Å². The number of hydrogen-bond donors (Lipinski definition) is 1. The third-order valence-electron chi connectivity index (χ3n) is 5.26. The van der Waals surface area contributed by atoms with Crippen LogP contribution in [0.4, 0.5) is 43.9 Å². The molecule has 1 saturated heterocycles. The second-order valence-electron chi connectivity index (χ2n) is 8.02. The summed E-state index contributed by atoms with van der Waals surface area (Å²) in [6, 6.07) is 8.32. The lowest BCUT2D eigenvalue weighted by Crippen LogP contribution is -2.34. The van der Waals surface area contributed by atoms with Crippen molar-refractivity contribution < 1.29 is 26.3 Å². The van der Waals surface area contributed by atoms with Gasteiger partial charge in [0.1, 0.15) is 5.84 Å². The molecule has 1 atom stereocenters. The lowest BCUT2D eigenvalue weighted by Gasteiger charge is -2.26. The van der Waals surface area contributed by atoms with Crippen LogP contribution in [-0.2, 0) is 12.4 Å². The van der Waals surface area contributed by atoms with E-state index in [9.17, 15) is 26.3 Å². The van der Waals surface area contributed by atoms with E-state index in [2.05, 4.69) is 25.4 Å². The van der Waals surface area contributed by atoms with Gasteiger partial charge in [0, 0.05) is 20.5 Å². The molecule has 14 heteroatoms. The third kappa shape index (κ3) is 5.61. The summed E-state index contributed by atoms with van der Waals surface area (Å²) in [7, 11) is 3.40. The quantitative estimate of drug-likeness (QED) is 0.430. The predicted octanol–water partition coefficient (Wildman–Crippen LogP) is 5.81. The van der Waals surface area contributed by atoms with E-state index in [0.29, 0.717) is 17.1 Å². The summed E-state index contributed by atoms with van der Waals surface area (Å²) in [5, 5.41) is 1.43. The Morgan fingerprint density at radius 1 is 0.889 bits per heavy atom. The number of hydrogen-bond acceptors (Lipinski definition) is 6. The summed E-state index contributed by atoms with van der Waals surface area (Å²) < 4.78 is 78.2. The topological polar surface area (TPSA) is 69.5 Å². The maximum Gasteiger partial charge on any atom is 0.416 e. The first-order valence-electron chi connectivity index (χ1n) is 10.4. The second-order valence-corrected chi connectivity index (χ2v) is 8.36. The standard InChI is InChI=1S/C22H18ClF6N7/c1-35(2)20-32-18(23)31-19(33-20)30-17-11-16(12-3-5-13(6-4-12)21(24,25)26)36(34-17)15-9-7-14(8-10-15)22(27,28)29/h3-10,16H,11H2,1-2H3,(H,30,31,32,33,34). The van der Waals surface area contributed by atoms with Crippen molar-refractivity contribution in [3.63, 3.8) is 0 Å². The number of nitrogens with zero attached hydrogens (tertiary/aromatic N) is 6. The highest BCUT2D eigenvalue weighted by Crippen LogP contribution is 2.37. The largest absolute Gasteiger partial charge is 0.416 e. The smallest absolute Gasteiger partial charge is 0.347 e. The zero-order valence-corrected chi connectivity index (χ0v) is 19.5. The first kappa shape index (κ1) is 25.5. The van der Waals surface area contributed by atoms with E-state index in [1.165, 1.54) is 29.3 Å². The number of nitrogens with one attached hydrogen (secondary N) is 1. The van der Waals surface area contributed by atoms with Crippen LogP contribution in [0, 0.1) is 0 Å². The molecular formula is C22H18ClF6N7. The third-order valence-corrected chi connectivity index (χ3v) is 5.43. The van der Waals surface area contributed by atoms with Gasteiger partial charge in [0.05, 0.1) is 22.9 Å².